The molecule has 0 aromatic carbocycles. The van der Waals surface area contributed by atoms with E-state index < -0.39 is 0 Å². The Hall–Kier alpha value is -2.90. The maximum absolute atomic E-state index is 10.1. The van der Waals surface area contributed by atoms with E-state index in [1.165, 1.54) is 58.3 Å². The summed E-state index contributed by atoms with van der Waals surface area (Å²) in [5.74, 6) is 0. The van der Waals surface area contributed by atoms with E-state index >= 15 is 0 Å². The quantitative estimate of drug-likeness (QED) is 0.267. The molecule has 0 spiro atoms. The number of hydrogen-bond donors (Lipinski definition) is 1. The summed E-state index contributed by atoms with van der Waals surface area (Å²) < 4.78 is 0. The van der Waals surface area contributed by atoms with Gasteiger partial charge in [0.05, 0.1) is 6.10 Å². The molecular weight excluding hydrogens is 496 g/mol. The monoisotopic (exact) mass is 552 g/mol. The topological polar surface area (TPSA) is 20.2 Å². The fourth-order valence-corrected chi connectivity index (χ4v) is 5.96. The van der Waals surface area contributed by atoms with Crippen LogP contribution in [0.4, 0.5) is 0 Å². The number of aliphatic hydroxyl groups is 1. The van der Waals surface area contributed by atoms with Gasteiger partial charge in [0.25, 0.3) is 0 Å². The van der Waals surface area contributed by atoms with Gasteiger partial charge in [-0.2, -0.15) is 0 Å². The van der Waals surface area contributed by atoms with Crippen molar-refractivity contribution in [2.45, 2.75) is 107 Å². The molecule has 0 aliphatic heterocycles. The minimum Gasteiger partial charge on any atom is -0.393 e. The standard InChI is InChI=1S/C40H56O/c1-30(18-13-20-32(3)23-25-37-34(5)22-15-27-39(37,7)8)16-11-12-17-31(2)19-14-21-33(4)24-26-38-35(6)28-36(41)29-40(38,9)10/h11-14,16-21,23-26,36,41H,15,22,27-29H2,1-10H3/b12-11+,18-13?,19-14+,25-23?,26-24+,30-16?,31-17+,32-20?,33-21+. The van der Waals surface area contributed by atoms with Crippen molar-refractivity contribution in [2.24, 2.45) is 10.8 Å². The van der Waals surface area contributed by atoms with E-state index in [9.17, 15) is 5.11 Å². The van der Waals surface area contributed by atoms with Crippen LogP contribution in [0.25, 0.3) is 0 Å². The summed E-state index contributed by atoms with van der Waals surface area (Å²) in [6.07, 6.45) is 35.5. The molecule has 0 aromatic rings. The maximum atomic E-state index is 10.1. The molecule has 1 atom stereocenters. The molecule has 1 N–H and O–H groups in total. The van der Waals surface area contributed by atoms with Crippen LogP contribution in [0.3, 0.4) is 0 Å². The van der Waals surface area contributed by atoms with Crippen molar-refractivity contribution in [1.82, 2.24) is 0 Å². The van der Waals surface area contributed by atoms with E-state index in [0.29, 0.717) is 0 Å². The van der Waals surface area contributed by atoms with Crippen molar-refractivity contribution >= 4 is 0 Å². The van der Waals surface area contributed by atoms with E-state index in [2.05, 4.69) is 154 Å². The predicted octanol–water partition coefficient (Wildman–Crippen LogP) is 11.6. The zero-order chi connectivity index (χ0) is 30.6. The average molecular weight is 553 g/mol. The molecule has 1 unspecified atom stereocenters. The van der Waals surface area contributed by atoms with Crippen molar-refractivity contribution in [1.29, 1.82) is 0 Å². The Kier molecular flexibility index (Phi) is 13.3. The van der Waals surface area contributed by atoms with Crippen LogP contribution in [0.15, 0.2) is 130 Å². The third kappa shape index (κ3) is 11.9. The van der Waals surface area contributed by atoms with Gasteiger partial charge in [0.2, 0.25) is 0 Å². The van der Waals surface area contributed by atoms with Gasteiger partial charge in [0, 0.05) is 0 Å². The number of aliphatic hydroxyl groups excluding tert-OH is 1. The van der Waals surface area contributed by atoms with Crippen LogP contribution in [0.5, 0.6) is 0 Å². The van der Waals surface area contributed by atoms with E-state index in [1.807, 2.05) is 0 Å². The Labute approximate surface area is 252 Å². The van der Waals surface area contributed by atoms with Crippen molar-refractivity contribution in [3.63, 3.8) is 0 Å². The summed E-state index contributed by atoms with van der Waals surface area (Å²) in [7, 11) is 0. The molecule has 0 bridgehead atoms. The van der Waals surface area contributed by atoms with Crippen LogP contribution in [-0.2, 0) is 0 Å². The smallest absolute Gasteiger partial charge is 0.0585 e. The van der Waals surface area contributed by atoms with Gasteiger partial charge in [-0.25, -0.2) is 0 Å². The molecule has 2 rings (SSSR count). The Bertz CT molecular complexity index is 1250. The van der Waals surface area contributed by atoms with Gasteiger partial charge in [-0.1, -0.05) is 146 Å². The Morgan fingerprint density at radius 3 is 1.54 bits per heavy atom. The maximum Gasteiger partial charge on any atom is 0.0585 e. The molecule has 0 saturated heterocycles. The fraction of sp³-hybridized carbons (Fsp3) is 0.450. The van der Waals surface area contributed by atoms with Crippen molar-refractivity contribution in [2.75, 3.05) is 0 Å². The second-order valence-corrected chi connectivity index (χ2v) is 13.5. The van der Waals surface area contributed by atoms with Gasteiger partial charge in [0.1, 0.15) is 0 Å². The second kappa shape index (κ2) is 15.9. The SMILES string of the molecule is CC(C=CC1=C(C)CCCC1(C)C)=CC=CC(C)=C/C=C/C=C(C)/C=C/C=C(C)/C=C/C1=C(C)CC(O)CC1(C)C. The van der Waals surface area contributed by atoms with Crippen LogP contribution in [0.2, 0.25) is 0 Å². The summed E-state index contributed by atoms with van der Waals surface area (Å²) in [4.78, 5) is 0. The molecule has 0 amide bonds. The number of hydrogen-bond acceptors (Lipinski definition) is 1. The molecule has 0 aromatic heterocycles. The van der Waals surface area contributed by atoms with E-state index in [1.54, 1.807) is 5.57 Å². The predicted molar refractivity (Wildman–Crippen MR) is 183 cm³/mol. The van der Waals surface area contributed by atoms with Crippen LogP contribution in [-0.4, -0.2) is 11.2 Å². The molecule has 2 aliphatic carbocycles. The van der Waals surface area contributed by atoms with Gasteiger partial charge in [-0.3, -0.25) is 0 Å². The third-order valence-electron chi connectivity index (χ3n) is 8.31. The first kappa shape index (κ1) is 34.3. The van der Waals surface area contributed by atoms with Gasteiger partial charge in [-0.15, -0.1) is 0 Å². The highest BCUT2D eigenvalue weighted by atomic mass is 16.3. The molecule has 0 radical (unpaired) electrons. The summed E-state index contributed by atoms with van der Waals surface area (Å²) in [6, 6.07) is 0. The molecular formula is C40H56O. The highest BCUT2D eigenvalue weighted by Crippen LogP contribution is 2.42. The lowest BCUT2D eigenvalue weighted by molar-refractivity contribution is 0.116. The molecule has 0 fully saturated rings. The summed E-state index contributed by atoms with van der Waals surface area (Å²) in [5, 5.41) is 10.1. The Morgan fingerprint density at radius 1 is 0.634 bits per heavy atom. The van der Waals surface area contributed by atoms with E-state index in [4.69, 9.17) is 0 Å². The highest BCUT2D eigenvalue weighted by molar-refractivity contribution is 5.39. The highest BCUT2D eigenvalue weighted by Gasteiger charge is 2.31. The van der Waals surface area contributed by atoms with E-state index in [-0.39, 0.29) is 16.9 Å². The first-order valence-electron chi connectivity index (χ1n) is 15.4. The molecule has 0 heterocycles. The lowest BCUT2D eigenvalue weighted by Gasteiger charge is -2.35. The largest absolute Gasteiger partial charge is 0.393 e. The zero-order valence-electron chi connectivity index (χ0n) is 27.6. The summed E-state index contributed by atoms with van der Waals surface area (Å²) in [5.41, 5.74) is 10.9. The van der Waals surface area contributed by atoms with Gasteiger partial charge in [-0.05, 0) is 95.6 Å². The van der Waals surface area contributed by atoms with Crippen molar-refractivity contribution in [3.8, 4) is 0 Å². The number of rotatable bonds is 10. The zero-order valence-corrected chi connectivity index (χ0v) is 27.6. The van der Waals surface area contributed by atoms with Crippen LogP contribution >= 0.6 is 0 Å². The third-order valence-corrected chi connectivity index (χ3v) is 8.31. The van der Waals surface area contributed by atoms with Gasteiger partial charge < -0.3 is 5.11 Å². The normalized spacial score (nSPS) is 23.5. The van der Waals surface area contributed by atoms with Crippen molar-refractivity contribution < 1.29 is 5.11 Å². The van der Waals surface area contributed by atoms with Gasteiger partial charge in [0.15, 0.2) is 0 Å². The fourth-order valence-electron chi connectivity index (χ4n) is 5.96. The molecule has 2 aliphatic rings. The summed E-state index contributed by atoms with van der Waals surface area (Å²) in [6.45, 7) is 22.2. The Balaban J connectivity index is 1.90. The first-order valence-corrected chi connectivity index (χ1v) is 15.4. The molecule has 1 heteroatoms. The first-order chi connectivity index (χ1) is 19.2. The minimum atomic E-state index is -0.220. The van der Waals surface area contributed by atoms with Gasteiger partial charge >= 0.3 is 0 Å². The second-order valence-electron chi connectivity index (χ2n) is 13.5. The average Bonchev–Trinajstić information content (AvgIpc) is 2.84. The van der Waals surface area contributed by atoms with Crippen LogP contribution < -0.4 is 0 Å². The molecule has 222 valence electrons. The van der Waals surface area contributed by atoms with Crippen LogP contribution in [0, 0.1) is 10.8 Å². The van der Waals surface area contributed by atoms with Crippen LogP contribution in [0.1, 0.15) is 101 Å². The van der Waals surface area contributed by atoms with Crippen molar-refractivity contribution in [3.05, 3.63) is 130 Å². The molecule has 1 nitrogen and oxygen atoms in total. The minimum absolute atomic E-state index is 0.0128. The Morgan fingerprint density at radius 2 is 1.07 bits per heavy atom. The van der Waals surface area contributed by atoms with E-state index in [0.717, 1.165) is 12.8 Å². The lowest BCUT2D eigenvalue weighted by Crippen LogP contribution is -2.28. The lowest BCUT2D eigenvalue weighted by atomic mass is 9.71. The number of allylic oxidation sites excluding steroid dienone is 21. The summed E-state index contributed by atoms with van der Waals surface area (Å²) >= 11 is 0. The molecule has 41 heavy (non-hydrogen) atoms. The molecule has 0 saturated carbocycles.